The lowest BCUT2D eigenvalue weighted by molar-refractivity contribution is -0.384. The van der Waals surface area contributed by atoms with Crippen LogP contribution in [0.1, 0.15) is 22.7 Å². The van der Waals surface area contributed by atoms with Crippen molar-refractivity contribution < 1.29 is 24.0 Å². The van der Waals surface area contributed by atoms with Gasteiger partial charge in [0.1, 0.15) is 5.69 Å². The number of nitro benzene ring substituents is 1. The van der Waals surface area contributed by atoms with Gasteiger partial charge in [0.15, 0.2) is 5.92 Å². The van der Waals surface area contributed by atoms with Crippen molar-refractivity contribution in [3.63, 3.8) is 0 Å². The monoisotopic (exact) mass is 438 g/mol. The van der Waals surface area contributed by atoms with Crippen LogP contribution in [0.25, 0.3) is 11.0 Å². The van der Waals surface area contributed by atoms with E-state index in [1.54, 1.807) is 25.1 Å². The largest absolute Gasteiger partial charge is 0.468 e. The summed E-state index contributed by atoms with van der Waals surface area (Å²) in [6, 6.07) is 8.64. The Morgan fingerprint density at radius 3 is 2.50 bits per heavy atom. The van der Waals surface area contributed by atoms with Crippen LogP contribution in [-0.4, -0.2) is 39.7 Å². The van der Waals surface area contributed by atoms with Crippen LogP contribution in [0.3, 0.4) is 0 Å². The molecule has 1 amide bonds. The SMILES string of the molecule is COC(=O)[C@@H](C(=O)C(=O)Nc1ccc(C)cc1C)c1nc2ccc([N+](=O)[O-])cc2[nH]c1=O. The van der Waals surface area contributed by atoms with Crippen molar-refractivity contribution in [2.24, 2.45) is 0 Å². The second-order valence-corrected chi connectivity index (χ2v) is 7.00. The minimum absolute atomic E-state index is 0.0312. The standard InChI is InChI=1S/C21H18N4O7/c1-10-4-6-13(11(2)8-10)23-20(28)18(26)16(21(29)32-3)17-19(27)24-15-9-12(25(30)31)5-7-14(15)22-17/h4-9,16H,1-3H3,(H,23,28)(H,24,27)/t16-/m1/s1. The maximum atomic E-state index is 12.9. The van der Waals surface area contributed by atoms with Gasteiger partial charge in [-0.05, 0) is 31.5 Å². The average molecular weight is 438 g/mol. The summed E-state index contributed by atoms with van der Waals surface area (Å²) in [5.41, 5.74) is 0.335. The number of hydrogen-bond acceptors (Lipinski definition) is 8. The van der Waals surface area contributed by atoms with Gasteiger partial charge >= 0.3 is 5.97 Å². The van der Waals surface area contributed by atoms with E-state index in [-0.39, 0.29) is 16.7 Å². The summed E-state index contributed by atoms with van der Waals surface area (Å²) in [6.07, 6.45) is 0. The van der Waals surface area contributed by atoms with Crippen LogP contribution in [0, 0.1) is 24.0 Å². The first-order chi connectivity index (χ1) is 15.1. The number of Topliss-reactive ketones (excluding diaryl/α,β-unsaturated/α-hetero) is 1. The van der Waals surface area contributed by atoms with Crippen LogP contribution in [0.5, 0.6) is 0 Å². The molecule has 0 aliphatic carbocycles. The van der Waals surface area contributed by atoms with E-state index in [4.69, 9.17) is 0 Å². The number of nitro groups is 1. The third-order valence-corrected chi connectivity index (χ3v) is 4.74. The normalized spacial score (nSPS) is 11.6. The number of aromatic amines is 1. The fourth-order valence-electron chi connectivity index (χ4n) is 3.13. The Morgan fingerprint density at radius 1 is 1.16 bits per heavy atom. The average Bonchev–Trinajstić information content (AvgIpc) is 2.75. The zero-order valence-corrected chi connectivity index (χ0v) is 17.3. The first kappa shape index (κ1) is 22.3. The smallest absolute Gasteiger partial charge is 0.323 e. The quantitative estimate of drug-likeness (QED) is 0.194. The molecular weight excluding hydrogens is 420 g/mol. The van der Waals surface area contributed by atoms with Crippen molar-refractivity contribution >= 4 is 40.1 Å². The van der Waals surface area contributed by atoms with Crippen molar-refractivity contribution in [1.29, 1.82) is 0 Å². The van der Waals surface area contributed by atoms with Crippen LogP contribution in [0.4, 0.5) is 11.4 Å². The van der Waals surface area contributed by atoms with Gasteiger partial charge in [0.25, 0.3) is 17.2 Å². The minimum atomic E-state index is -1.92. The molecule has 3 rings (SSSR count). The van der Waals surface area contributed by atoms with Gasteiger partial charge in [-0.3, -0.25) is 29.3 Å². The summed E-state index contributed by atoms with van der Waals surface area (Å²) in [5, 5.41) is 13.4. The number of nitrogens with zero attached hydrogens (tertiary/aromatic N) is 2. The number of ketones is 1. The highest BCUT2D eigenvalue weighted by atomic mass is 16.6. The Bertz CT molecular complexity index is 1330. The molecule has 0 bridgehead atoms. The van der Waals surface area contributed by atoms with Gasteiger partial charge in [-0.2, -0.15) is 0 Å². The number of aryl methyl sites for hydroxylation is 2. The van der Waals surface area contributed by atoms with Crippen LogP contribution in [0.15, 0.2) is 41.2 Å². The number of esters is 1. The van der Waals surface area contributed by atoms with Crippen molar-refractivity contribution in [1.82, 2.24) is 9.97 Å². The van der Waals surface area contributed by atoms with Gasteiger partial charge in [0.2, 0.25) is 5.78 Å². The van der Waals surface area contributed by atoms with Crippen LogP contribution in [-0.2, 0) is 19.1 Å². The predicted octanol–water partition coefficient (Wildman–Crippen LogP) is 1.91. The second-order valence-electron chi connectivity index (χ2n) is 7.00. The number of rotatable bonds is 6. The number of aromatic nitrogens is 2. The molecule has 1 atom stereocenters. The Hall–Kier alpha value is -4.41. The zero-order valence-electron chi connectivity index (χ0n) is 17.3. The number of methoxy groups -OCH3 is 1. The molecule has 0 saturated carbocycles. The lowest BCUT2D eigenvalue weighted by atomic mass is 9.99. The number of amides is 1. The molecule has 32 heavy (non-hydrogen) atoms. The predicted molar refractivity (Wildman–Crippen MR) is 113 cm³/mol. The van der Waals surface area contributed by atoms with Gasteiger partial charge in [-0.25, -0.2) is 4.98 Å². The highest BCUT2D eigenvalue weighted by Crippen LogP contribution is 2.21. The third-order valence-electron chi connectivity index (χ3n) is 4.74. The number of non-ortho nitro benzene ring substituents is 1. The van der Waals surface area contributed by atoms with E-state index >= 15 is 0 Å². The lowest BCUT2D eigenvalue weighted by Crippen LogP contribution is -2.37. The molecule has 0 aliphatic heterocycles. The number of ether oxygens (including phenoxy) is 1. The number of benzene rings is 2. The number of hydrogen-bond donors (Lipinski definition) is 2. The summed E-state index contributed by atoms with van der Waals surface area (Å²) < 4.78 is 4.62. The molecule has 1 aromatic heterocycles. The first-order valence-corrected chi connectivity index (χ1v) is 9.31. The lowest BCUT2D eigenvalue weighted by Gasteiger charge is -2.14. The number of carbonyl (C=O) groups excluding carboxylic acids is 3. The van der Waals surface area contributed by atoms with Gasteiger partial charge in [-0.15, -0.1) is 0 Å². The highest BCUT2D eigenvalue weighted by Gasteiger charge is 2.38. The maximum Gasteiger partial charge on any atom is 0.323 e. The highest BCUT2D eigenvalue weighted by molar-refractivity contribution is 6.45. The van der Waals surface area contributed by atoms with Gasteiger partial charge in [0.05, 0.1) is 23.1 Å². The van der Waals surface area contributed by atoms with Gasteiger partial charge in [-0.1, -0.05) is 17.7 Å². The van der Waals surface area contributed by atoms with Crippen LogP contribution >= 0.6 is 0 Å². The molecule has 0 aliphatic rings. The molecule has 164 valence electrons. The minimum Gasteiger partial charge on any atom is -0.468 e. The molecule has 11 nitrogen and oxygen atoms in total. The molecule has 0 unspecified atom stereocenters. The summed E-state index contributed by atoms with van der Waals surface area (Å²) in [6.45, 7) is 3.60. The molecular formula is C21H18N4O7. The molecule has 11 heteroatoms. The molecule has 0 spiro atoms. The van der Waals surface area contributed by atoms with Crippen LogP contribution < -0.4 is 10.9 Å². The molecule has 2 aromatic carbocycles. The third kappa shape index (κ3) is 4.36. The first-order valence-electron chi connectivity index (χ1n) is 9.31. The number of H-pyrrole nitrogens is 1. The molecule has 3 aromatic rings. The van der Waals surface area contributed by atoms with Gasteiger partial charge < -0.3 is 15.0 Å². The topological polar surface area (TPSA) is 161 Å². The molecule has 1 heterocycles. The number of fused-ring (bicyclic) bond motifs is 1. The van der Waals surface area contributed by atoms with E-state index in [9.17, 15) is 29.3 Å². The zero-order chi connectivity index (χ0) is 23.6. The second kappa shape index (κ2) is 8.76. The van der Waals surface area contributed by atoms with E-state index in [0.717, 1.165) is 24.8 Å². The Labute approximate surface area is 180 Å². The van der Waals surface area contributed by atoms with Crippen molar-refractivity contribution in [3.05, 3.63) is 73.7 Å². The van der Waals surface area contributed by atoms with E-state index in [0.29, 0.717) is 11.3 Å². The number of nitrogens with one attached hydrogen (secondary N) is 2. The maximum absolute atomic E-state index is 12.9. The van der Waals surface area contributed by atoms with Crippen molar-refractivity contribution in [2.45, 2.75) is 19.8 Å². The molecule has 0 saturated heterocycles. The van der Waals surface area contributed by atoms with Crippen molar-refractivity contribution in [2.75, 3.05) is 12.4 Å². The summed E-state index contributed by atoms with van der Waals surface area (Å²) in [4.78, 5) is 67.0. The fraction of sp³-hybridized carbons (Fsp3) is 0.190. The summed E-state index contributed by atoms with van der Waals surface area (Å²) in [5.74, 6) is -5.44. The Kier molecular flexibility index (Phi) is 6.10. The van der Waals surface area contributed by atoms with E-state index in [1.807, 2.05) is 6.92 Å². The van der Waals surface area contributed by atoms with E-state index < -0.39 is 39.8 Å². The van der Waals surface area contributed by atoms with E-state index in [2.05, 4.69) is 20.0 Å². The Balaban J connectivity index is 2.02. The van der Waals surface area contributed by atoms with Gasteiger partial charge in [0, 0.05) is 17.8 Å². The fourth-order valence-corrected chi connectivity index (χ4v) is 3.13. The number of carbonyl (C=O) groups is 3. The molecule has 0 radical (unpaired) electrons. The molecule has 2 N–H and O–H groups in total. The van der Waals surface area contributed by atoms with Crippen molar-refractivity contribution in [3.8, 4) is 0 Å². The van der Waals surface area contributed by atoms with E-state index in [1.165, 1.54) is 6.07 Å². The van der Waals surface area contributed by atoms with Crippen LogP contribution in [0.2, 0.25) is 0 Å². The summed E-state index contributed by atoms with van der Waals surface area (Å²) >= 11 is 0. The summed E-state index contributed by atoms with van der Waals surface area (Å²) in [7, 11) is 1.00. The number of anilines is 1. The Morgan fingerprint density at radius 2 is 1.88 bits per heavy atom. The molecule has 0 fully saturated rings.